The Hall–Kier alpha value is -1.99. The van der Waals surface area contributed by atoms with E-state index in [1.807, 2.05) is 6.07 Å². The van der Waals surface area contributed by atoms with E-state index in [1.54, 1.807) is 31.2 Å². The van der Waals surface area contributed by atoms with Crippen molar-refractivity contribution in [1.29, 1.82) is 5.26 Å². The monoisotopic (exact) mass is 264 g/mol. The number of hydrogen-bond acceptors (Lipinski definition) is 3. The number of hydrogen-bond donors (Lipinski definition) is 2. The van der Waals surface area contributed by atoms with E-state index in [1.165, 1.54) is 0 Å². The van der Waals surface area contributed by atoms with Gasteiger partial charge in [0.15, 0.2) is 0 Å². The second-order valence-electron chi connectivity index (χ2n) is 3.57. The summed E-state index contributed by atoms with van der Waals surface area (Å²) >= 11 is 5.83. The summed E-state index contributed by atoms with van der Waals surface area (Å²) in [6, 6.07) is 6.93. The summed E-state index contributed by atoms with van der Waals surface area (Å²) in [6.45, 7) is 2.12. The average Bonchev–Trinajstić information content (AvgIpc) is 2.34. The molecule has 0 bridgehead atoms. The number of aliphatic carboxylic acids is 1. The maximum Gasteiger partial charge on any atom is 0.331 e. The van der Waals surface area contributed by atoms with Crippen LogP contribution in [-0.2, 0) is 4.79 Å². The molecule has 1 aromatic carbocycles. The number of benzene rings is 1. The first-order valence-electron chi connectivity index (χ1n) is 5.44. The molecule has 4 nitrogen and oxygen atoms in total. The molecule has 1 rings (SSSR count). The van der Waals surface area contributed by atoms with Crippen LogP contribution in [0.1, 0.15) is 18.9 Å². The molecule has 0 aliphatic rings. The third kappa shape index (κ3) is 3.79. The fourth-order valence-electron chi connectivity index (χ4n) is 1.43. The summed E-state index contributed by atoms with van der Waals surface area (Å²) in [5.41, 5.74) is 1.41. The molecule has 0 saturated heterocycles. The van der Waals surface area contributed by atoms with Crippen LogP contribution in [0.15, 0.2) is 29.8 Å². The molecule has 0 spiro atoms. The number of halogens is 1. The Morgan fingerprint density at radius 2 is 2.33 bits per heavy atom. The van der Waals surface area contributed by atoms with Crippen LogP contribution in [0.25, 0.3) is 0 Å². The number of carboxylic acid groups (broad SMARTS) is 1. The van der Waals surface area contributed by atoms with E-state index in [-0.39, 0.29) is 0 Å². The minimum atomic E-state index is -0.925. The van der Waals surface area contributed by atoms with Gasteiger partial charge in [0.1, 0.15) is 6.07 Å². The van der Waals surface area contributed by atoms with Crippen molar-refractivity contribution in [3.05, 3.63) is 40.4 Å². The zero-order chi connectivity index (χ0) is 13.5. The van der Waals surface area contributed by atoms with Crippen molar-refractivity contribution in [1.82, 2.24) is 0 Å². The highest BCUT2D eigenvalue weighted by Crippen LogP contribution is 2.20. The average molecular weight is 265 g/mol. The second kappa shape index (κ2) is 6.67. The van der Waals surface area contributed by atoms with Gasteiger partial charge < -0.3 is 10.4 Å². The smallest absolute Gasteiger partial charge is 0.331 e. The highest BCUT2D eigenvalue weighted by molar-refractivity contribution is 6.30. The molecule has 0 aliphatic carbocycles. The molecule has 0 aromatic heterocycles. The minimum Gasteiger partial charge on any atom is -0.478 e. The Morgan fingerprint density at radius 3 is 2.89 bits per heavy atom. The first kappa shape index (κ1) is 14.1. The number of nitriles is 1. The van der Waals surface area contributed by atoms with Crippen LogP contribution in [0.5, 0.6) is 0 Å². The molecular weight excluding hydrogens is 252 g/mol. The lowest BCUT2D eigenvalue weighted by molar-refractivity contribution is -0.132. The number of carboxylic acids is 1. The SMILES string of the molecule is CC/C(=C/CNc1cc(Cl)ccc1C#N)C(=O)O. The topological polar surface area (TPSA) is 73.1 Å². The molecule has 5 heteroatoms. The second-order valence-corrected chi connectivity index (χ2v) is 4.01. The molecule has 0 saturated carbocycles. The molecule has 1 aromatic rings. The summed E-state index contributed by atoms with van der Waals surface area (Å²) in [5, 5.41) is 21.3. The Balaban J connectivity index is 2.78. The number of rotatable bonds is 5. The molecule has 18 heavy (non-hydrogen) atoms. The predicted molar refractivity (Wildman–Crippen MR) is 70.7 cm³/mol. The van der Waals surface area contributed by atoms with Gasteiger partial charge in [-0.1, -0.05) is 24.6 Å². The molecule has 94 valence electrons. The van der Waals surface area contributed by atoms with E-state index in [0.29, 0.717) is 34.8 Å². The van der Waals surface area contributed by atoms with Gasteiger partial charge in [-0.2, -0.15) is 5.26 Å². The standard InChI is InChI=1S/C13H13ClN2O2/c1-2-9(13(17)18)5-6-16-12-7-11(14)4-3-10(12)8-15/h3-5,7,16H,2,6H2,1H3,(H,17,18)/b9-5-. The molecule has 0 fully saturated rings. The van der Waals surface area contributed by atoms with Gasteiger partial charge in [-0.15, -0.1) is 0 Å². The fourth-order valence-corrected chi connectivity index (χ4v) is 1.60. The number of nitrogens with zero attached hydrogens (tertiary/aromatic N) is 1. The van der Waals surface area contributed by atoms with Crippen molar-refractivity contribution < 1.29 is 9.90 Å². The van der Waals surface area contributed by atoms with Crippen LogP contribution in [0.3, 0.4) is 0 Å². The van der Waals surface area contributed by atoms with Gasteiger partial charge in [0, 0.05) is 17.1 Å². The normalized spacial score (nSPS) is 10.8. The zero-order valence-electron chi connectivity index (χ0n) is 9.90. The number of anilines is 1. The Bertz CT molecular complexity index is 518. The van der Waals surface area contributed by atoms with Gasteiger partial charge in [0.25, 0.3) is 0 Å². The van der Waals surface area contributed by atoms with Crippen LogP contribution in [0.4, 0.5) is 5.69 Å². The third-order valence-electron chi connectivity index (χ3n) is 2.40. The minimum absolute atomic E-state index is 0.336. The van der Waals surface area contributed by atoms with Crippen molar-refractivity contribution in [2.24, 2.45) is 0 Å². The van der Waals surface area contributed by atoms with Crippen molar-refractivity contribution in [2.75, 3.05) is 11.9 Å². The zero-order valence-corrected chi connectivity index (χ0v) is 10.7. The Kier molecular flexibility index (Phi) is 5.22. The van der Waals surface area contributed by atoms with E-state index in [0.717, 1.165) is 0 Å². The third-order valence-corrected chi connectivity index (χ3v) is 2.63. The molecule has 0 unspecified atom stereocenters. The molecule has 0 heterocycles. The van der Waals surface area contributed by atoms with E-state index >= 15 is 0 Å². The van der Waals surface area contributed by atoms with Crippen LogP contribution < -0.4 is 5.32 Å². The van der Waals surface area contributed by atoms with Gasteiger partial charge in [-0.05, 0) is 24.6 Å². The van der Waals surface area contributed by atoms with Crippen LogP contribution >= 0.6 is 11.6 Å². The largest absolute Gasteiger partial charge is 0.478 e. The highest BCUT2D eigenvalue weighted by atomic mass is 35.5. The van der Waals surface area contributed by atoms with E-state index in [4.69, 9.17) is 22.0 Å². The molecule has 0 aliphatic heterocycles. The lowest BCUT2D eigenvalue weighted by atomic mass is 10.1. The summed E-state index contributed by atoms with van der Waals surface area (Å²) in [6.07, 6.45) is 2.04. The maximum absolute atomic E-state index is 10.8. The van der Waals surface area contributed by atoms with Gasteiger partial charge >= 0.3 is 5.97 Å². The number of carbonyl (C=O) groups is 1. The summed E-state index contributed by atoms with van der Waals surface area (Å²) in [5.74, 6) is -0.925. The van der Waals surface area contributed by atoms with E-state index in [9.17, 15) is 4.79 Å². The van der Waals surface area contributed by atoms with Gasteiger partial charge in [-0.3, -0.25) is 0 Å². The van der Waals surface area contributed by atoms with Gasteiger partial charge in [-0.25, -0.2) is 4.79 Å². The predicted octanol–water partition coefficient (Wildman–Crippen LogP) is 3.04. The quantitative estimate of drug-likeness (QED) is 0.802. The van der Waals surface area contributed by atoms with Crippen molar-refractivity contribution in [2.45, 2.75) is 13.3 Å². The van der Waals surface area contributed by atoms with E-state index in [2.05, 4.69) is 5.32 Å². The molecule has 0 amide bonds. The summed E-state index contributed by atoms with van der Waals surface area (Å²) in [4.78, 5) is 10.8. The molecule has 0 atom stereocenters. The molecule has 2 N–H and O–H groups in total. The first-order valence-corrected chi connectivity index (χ1v) is 5.82. The van der Waals surface area contributed by atoms with Crippen LogP contribution in [0, 0.1) is 11.3 Å². The van der Waals surface area contributed by atoms with Gasteiger partial charge in [0.2, 0.25) is 0 Å². The lowest BCUT2D eigenvalue weighted by Crippen LogP contribution is -2.05. The Morgan fingerprint density at radius 1 is 1.61 bits per heavy atom. The van der Waals surface area contributed by atoms with E-state index < -0.39 is 5.97 Å². The maximum atomic E-state index is 10.8. The van der Waals surface area contributed by atoms with Crippen LogP contribution in [0.2, 0.25) is 5.02 Å². The van der Waals surface area contributed by atoms with Gasteiger partial charge in [0.05, 0.1) is 11.3 Å². The summed E-state index contributed by atoms with van der Waals surface area (Å²) in [7, 11) is 0. The van der Waals surface area contributed by atoms with Crippen molar-refractivity contribution in [3.63, 3.8) is 0 Å². The summed E-state index contributed by atoms with van der Waals surface area (Å²) < 4.78 is 0. The van der Waals surface area contributed by atoms with Crippen molar-refractivity contribution >= 4 is 23.3 Å². The first-order chi connectivity index (χ1) is 8.58. The van der Waals surface area contributed by atoms with Crippen LogP contribution in [-0.4, -0.2) is 17.6 Å². The molecular formula is C13H13ClN2O2. The van der Waals surface area contributed by atoms with Crippen molar-refractivity contribution in [3.8, 4) is 6.07 Å². The Labute approximate surface area is 110 Å². The fraction of sp³-hybridized carbons (Fsp3) is 0.231. The molecule has 0 radical (unpaired) electrons. The number of nitrogens with one attached hydrogen (secondary N) is 1. The highest BCUT2D eigenvalue weighted by Gasteiger charge is 2.04. The lowest BCUT2D eigenvalue weighted by Gasteiger charge is -2.06.